The summed E-state index contributed by atoms with van der Waals surface area (Å²) in [5, 5.41) is 19.6. The number of fused-ring (bicyclic) bond motifs is 2. The van der Waals surface area contributed by atoms with Crippen molar-refractivity contribution >= 4 is 70.2 Å². The van der Waals surface area contributed by atoms with Crippen LogP contribution in [0.1, 0.15) is 54.1 Å². The molecule has 7 heterocycles. The van der Waals surface area contributed by atoms with Crippen molar-refractivity contribution in [3.05, 3.63) is 64.4 Å². The predicted octanol–water partition coefficient (Wildman–Crippen LogP) is 2.50. The Hall–Kier alpha value is -4.57. The third-order valence-electron chi connectivity index (χ3n) is 10.7. The highest BCUT2D eigenvalue weighted by atomic mass is 79.9. The van der Waals surface area contributed by atoms with E-state index in [0.29, 0.717) is 48.6 Å². The largest absolute Gasteiger partial charge is 0.378 e. The summed E-state index contributed by atoms with van der Waals surface area (Å²) in [4.78, 5) is 24.0. The molecule has 56 heavy (non-hydrogen) atoms. The number of primary amides is 2. The van der Waals surface area contributed by atoms with Crippen molar-refractivity contribution in [3.8, 4) is 11.1 Å². The van der Waals surface area contributed by atoms with Gasteiger partial charge in [-0.3, -0.25) is 14.3 Å². The van der Waals surface area contributed by atoms with Gasteiger partial charge in [0.1, 0.15) is 0 Å². The van der Waals surface area contributed by atoms with Gasteiger partial charge in [0.25, 0.3) is 11.8 Å². The Labute approximate surface area is 333 Å². The summed E-state index contributed by atoms with van der Waals surface area (Å²) < 4.78 is 56.9. The Morgan fingerprint density at radius 3 is 1.61 bits per heavy atom. The van der Waals surface area contributed by atoms with Crippen molar-refractivity contribution in [2.75, 3.05) is 49.3 Å². The standard InChI is InChI=1S/C20H27N7O3S.C15H20BrN5O3S/c1-12-14(7-22-25(12)4)13-6-16-18(15(19(21)28)8-23-27(16)9-13)24-17-10-26(31(5,29)30)11-20(17,2)3;1-15(2)8-20(25(3,23)24)7-12(15)19-13-10(14(17)22)5-18-21-6-9(16)4-11(13)21/h6-9,17,24H,10-11H2,1-5H3,(H2,21,28);4-6,12,19H,7-8H2,1-3H3,(H2,17,22). The Bertz CT molecular complexity index is 2600. The summed E-state index contributed by atoms with van der Waals surface area (Å²) in [5.41, 5.74) is 16.4. The molecule has 5 aromatic heterocycles. The minimum Gasteiger partial charge on any atom is -0.378 e. The third kappa shape index (κ3) is 7.99. The Kier molecular flexibility index (Phi) is 10.6. The summed E-state index contributed by atoms with van der Waals surface area (Å²) in [6.45, 7) is 11.4. The number of hydrogen-bond donors (Lipinski definition) is 4. The average molecular weight is 876 g/mol. The van der Waals surface area contributed by atoms with Crippen LogP contribution in [-0.2, 0) is 27.1 Å². The monoisotopic (exact) mass is 874 g/mol. The van der Waals surface area contributed by atoms with Crippen molar-refractivity contribution in [2.24, 2.45) is 29.3 Å². The van der Waals surface area contributed by atoms with Crippen LogP contribution >= 0.6 is 15.9 Å². The maximum atomic E-state index is 12.2. The van der Waals surface area contributed by atoms with E-state index >= 15 is 0 Å². The van der Waals surface area contributed by atoms with E-state index in [2.05, 4.69) is 41.9 Å². The molecule has 2 aliphatic heterocycles. The number of halogens is 1. The number of carbonyl (C=O) groups is 2. The van der Waals surface area contributed by atoms with Gasteiger partial charge in [0.2, 0.25) is 20.0 Å². The first-order chi connectivity index (χ1) is 25.9. The highest BCUT2D eigenvalue weighted by molar-refractivity contribution is 9.10. The molecule has 5 aromatic rings. The lowest BCUT2D eigenvalue weighted by molar-refractivity contribution is 0.0992. The molecule has 2 amide bonds. The number of nitrogens with one attached hydrogen (secondary N) is 2. The molecule has 302 valence electrons. The minimum atomic E-state index is -3.33. The number of amides is 2. The van der Waals surface area contributed by atoms with E-state index in [-0.39, 0.29) is 34.0 Å². The lowest BCUT2D eigenvalue weighted by Gasteiger charge is -2.28. The van der Waals surface area contributed by atoms with Crippen LogP contribution in [0.25, 0.3) is 22.2 Å². The molecule has 2 atom stereocenters. The van der Waals surface area contributed by atoms with Crippen molar-refractivity contribution in [3.63, 3.8) is 0 Å². The van der Waals surface area contributed by atoms with E-state index in [0.717, 1.165) is 21.3 Å². The molecular weight excluding hydrogens is 829 g/mol. The number of nitrogens with zero attached hydrogens (tertiary/aromatic N) is 8. The van der Waals surface area contributed by atoms with E-state index < -0.39 is 31.9 Å². The fourth-order valence-electron chi connectivity index (χ4n) is 7.18. The van der Waals surface area contributed by atoms with Gasteiger partial charge in [-0.1, -0.05) is 27.7 Å². The van der Waals surface area contributed by atoms with Gasteiger partial charge >= 0.3 is 0 Å². The van der Waals surface area contributed by atoms with Gasteiger partial charge in [-0.2, -0.15) is 23.9 Å². The van der Waals surface area contributed by atoms with Crippen LogP contribution in [0.5, 0.6) is 0 Å². The van der Waals surface area contributed by atoms with E-state index in [4.69, 9.17) is 11.5 Å². The number of anilines is 2. The molecule has 2 fully saturated rings. The molecule has 0 radical (unpaired) electrons. The van der Waals surface area contributed by atoms with Crippen molar-refractivity contribution in [1.29, 1.82) is 0 Å². The number of aryl methyl sites for hydroxylation is 1. The van der Waals surface area contributed by atoms with Crippen molar-refractivity contribution in [1.82, 2.24) is 37.6 Å². The molecular formula is C35H47BrN12O6S2. The Morgan fingerprint density at radius 2 is 1.21 bits per heavy atom. The normalized spacial score (nSPS) is 19.9. The van der Waals surface area contributed by atoms with Crippen LogP contribution in [-0.4, -0.2) is 117 Å². The fourth-order valence-corrected chi connectivity index (χ4v) is 9.57. The fraction of sp³-hybridized carbons (Fsp3) is 0.457. The molecule has 0 saturated carbocycles. The first kappa shape index (κ1) is 41.1. The molecule has 2 aliphatic rings. The molecule has 21 heteroatoms. The van der Waals surface area contributed by atoms with E-state index in [1.807, 2.05) is 60.0 Å². The zero-order chi connectivity index (χ0) is 41.3. The number of aromatic nitrogens is 6. The second kappa shape index (κ2) is 14.4. The lowest BCUT2D eigenvalue weighted by atomic mass is 9.87. The smallest absolute Gasteiger partial charge is 0.252 e. The predicted molar refractivity (Wildman–Crippen MR) is 217 cm³/mol. The molecule has 2 saturated heterocycles. The average Bonchev–Trinajstić information content (AvgIpc) is 3.88. The maximum Gasteiger partial charge on any atom is 0.252 e. The number of nitrogens with two attached hydrogens (primary N) is 2. The molecule has 0 bridgehead atoms. The first-order valence-electron chi connectivity index (χ1n) is 17.6. The highest BCUT2D eigenvalue weighted by Gasteiger charge is 2.44. The highest BCUT2D eigenvalue weighted by Crippen LogP contribution is 2.38. The summed E-state index contributed by atoms with van der Waals surface area (Å²) in [7, 11) is -4.74. The lowest BCUT2D eigenvalue weighted by Crippen LogP contribution is -2.35. The van der Waals surface area contributed by atoms with Gasteiger partial charge in [0.15, 0.2) is 0 Å². The second-order valence-corrected chi connectivity index (χ2v) is 20.8. The minimum absolute atomic E-state index is 0.180. The molecule has 0 aromatic carbocycles. The van der Waals surface area contributed by atoms with Crippen LogP contribution in [0, 0.1) is 17.8 Å². The van der Waals surface area contributed by atoms with Crippen LogP contribution in [0.2, 0.25) is 0 Å². The molecule has 18 nitrogen and oxygen atoms in total. The SMILES string of the molecule is CC1(C)CN(S(C)(=O)=O)CC1Nc1c(C(N)=O)cnn2cc(Br)cc12.Cc1c(-c2cc3c(NC4CN(S(C)(=O)=O)CC4(C)C)c(C(N)=O)cnn3c2)cnn1C. The van der Waals surface area contributed by atoms with Gasteiger partial charge in [-0.05, 0) is 45.8 Å². The van der Waals surface area contributed by atoms with Crippen molar-refractivity contribution in [2.45, 2.75) is 46.7 Å². The number of sulfonamides is 2. The Morgan fingerprint density at radius 1 is 0.768 bits per heavy atom. The van der Waals surface area contributed by atoms with Gasteiger partial charge in [0, 0.05) is 79.0 Å². The van der Waals surface area contributed by atoms with Crippen LogP contribution in [0.3, 0.4) is 0 Å². The first-order valence-corrected chi connectivity index (χ1v) is 22.1. The zero-order valence-electron chi connectivity index (χ0n) is 32.4. The Balaban J connectivity index is 0.000000194. The maximum absolute atomic E-state index is 12.2. The third-order valence-corrected chi connectivity index (χ3v) is 13.6. The number of carbonyl (C=O) groups excluding carboxylic acids is 2. The zero-order valence-corrected chi connectivity index (χ0v) is 35.6. The van der Waals surface area contributed by atoms with Crippen LogP contribution < -0.4 is 22.1 Å². The van der Waals surface area contributed by atoms with Crippen LogP contribution in [0.15, 0.2) is 47.6 Å². The summed E-state index contributed by atoms with van der Waals surface area (Å²) in [6, 6.07) is 3.37. The quantitative estimate of drug-likeness (QED) is 0.168. The molecule has 7 rings (SSSR count). The number of hydrogen-bond acceptors (Lipinski definition) is 11. The van der Waals surface area contributed by atoms with Gasteiger partial charge in [-0.25, -0.2) is 25.9 Å². The molecule has 6 N–H and O–H groups in total. The van der Waals surface area contributed by atoms with Gasteiger partial charge < -0.3 is 22.1 Å². The number of rotatable bonds is 9. The summed E-state index contributed by atoms with van der Waals surface area (Å²) in [6.07, 6.45) is 10.7. The topological polar surface area (TPSA) is 237 Å². The molecule has 0 aliphatic carbocycles. The van der Waals surface area contributed by atoms with Gasteiger partial charge in [0.05, 0.1) is 64.6 Å². The van der Waals surface area contributed by atoms with E-state index in [9.17, 15) is 26.4 Å². The molecule has 2 unspecified atom stereocenters. The van der Waals surface area contributed by atoms with Gasteiger partial charge in [-0.15, -0.1) is 0 Å². The summed E-state index contributed by atoms with van der Waals surface area (Å²) in [5.74, 6) is -1.20. The van der Waals surface area contributed by atoms with Crippen molar-refractivity contribution < 1.29 is 26.4 Å². The van der Waals surface area contributed by atoms with E-state index in [1.54, 1.807) is 26.1 Å². The molecule has 0 spiro atoms. The van der Waals surface area contributed by atoms with Crippen LogP contribution in [0.4, 0.5) is 11.4 Å². The van der Waals surface area contributed by atoms with E-state index in [1.165, 1.54) is 33.5 Å². The second-order valence-electron chi connectivity index (χ2n) is 15.9. The summed E-state index contributed by atoms with van der Waals surface area (Å²) >= 11 is 3.40.